The molecule has 1 fully saturated rings. The average Bonchev–Trinajstić information content (AvgIpc) is 2.25. The van der Waals surface area contributed by atoms with Gasteiger partial charge < -0.3 is 10.1 Å². The van der Waals surface area contributed by atoms with E-state index in [4.69, 9.17) is 4.74 Å². The zero-order chi connectivity index (χ0) is 14.8. The minimum absolute atomic E-state index is 0.414. The van der Waals surface area contributed by atoms with E-state index >= 15 is 0 Å². The molecule has 1 aliphatic rings. The molecule has 0 amide bonds. The predicted molar refractivity (Wildman–Crippen MR) is 86.4 cm³/mol. The molecule has 2 heteroatoms. The first kappa shape index (κ1) is 15.2. The second-order valence-electron chi connectivity index (χ2n) is 7.72. The van der Waals surface area contributed by atoms with E-state index in [9.17, 15) is 0 Å². The van der Waals surface area contributed by atoms with Crippen molar-refractivity contribution < 1.29 is 4.74 Å². The lowest BCUT2D eigenvalue weighted by atomic mass is 9.63. The van der Waals surface area contributed by atoms with Gasteiger partial charge in [-0.1, -0.05) is 33.8 Å². The lowest BCUT2D eigenvalue weighted by Gasteiger charge is -2.45. The van der Waals surface area contributed by atoms with Crippen LogP contribution in [0.3, 0.4) is 0 Å². The summed E-state index contributed by atoms with van der Waals surface area (Å²) in [6.07, 6.45) is 3.77. The molecule has 1 saturated carbocycles. The van der Waals surface area contributed by atoms with Crippen LogP contribution >= 0.6 is 0 Å². The molecule has 112 valence electrons. The Morgan fingerprint density at radius 1 is 1.15 bits per heavy atom. The van der Waals surface area contributed by atoms with Crippen LogP contribution in [0.4, 0.5) is 5.69 Å². The molecule has 0 radical (unpaired) electrons. The summed E-state index contributed by atoms with van der Waals surface area (Å²) in [7, 11) is 0. The molecule has 20 heavy (non-hydrogen) atoms. The van der Waals surface area contributed by atoms with Crippen LogP contribution in [0.15, 0.2) is 24.3 Å². The van der Waals surface area contributed by atoms with Gasteiger partial charge >= 0.3 is 0 Å². The van der Waals surface area contributed by atoms with E-state index in [0.29, 0.717) is 23.5 Å². The third-order valence-electron chi connectivity index (χ3n) is 4.07. The van der Waals surface area contributed by atoms with Crippen LogP contribution in [0, 0.1) is 10.8 Å². The molecule has 0 bridgehead atoms. The summed E-state index contributed by atoms with van der Waals surface area (Å²) < 4.78 is 5.58. The molecule has 0 unspecified atom stereocenters. The molecule has 2 nitrogen and oxygen atoms in total. The fraction of sp³-hybridized carbons (Fsp3) is 0.667. The van der Waals surface area contributed by atoms with Crippen LogP contribution in [-0.4, -0.2) is 12.6 Å². The quantitative estimate of drug-likeness (QED) is 0.825. The van der Waals surface area contributed by atoms with Crippen molar-refractivity contribution >= 4 is 5.69 Å². The van der Waals surface area contributed by atoms with Gasteiger partial charge in [0.05, 0.1) is 6.61 Å². The van der Waals surface area contributed by atoms with E-state index in [1.54, 1.807) is 0 Å². The number of benzene rings is 1. The van der Waals surface area contributed by atoms with Crippen molar-refractivity contribution in [2.75, 3.05) is 11.9 Å². The maximum atomic E-state index is 5.58. The highest BCUT2D eigenvalue weighted by Gasteiger charge is 2.38. The molecule has 0 saturated heterocycles. The minimum Gasteiger partial charge on any atom is -0.494 e. The summed E-state index contributed by atoms with van der Waals surface area (Å²) in [5, 5.41) is 3.71. The van der Waals surface area contributed by atoms with E-state index in [2.05, 4.69) is 51.2 Å². The van der Waals surface area contributed by atoms with E-state index < -0.39 is 0 Å². The highest BCUT2D eigenvalue weighted by Crippen LogP contribution is 2.46. The van der Waals surface area contributed by atoms with Crippen LogP contribution in [0.5, 0.6) is 5.75 Å². The molecule has 2 rings (SSSR count). The Morgan fingerprint density at radius 2 is 1.80 bits per heavy atom. The van der Waals surface area contributed by atoms with E-state index in [1.165, 1.54) is 24.9 Å². The average molecular weight is 275 g/mol. The van der Waals surface area contributed by atoms with Crippen molar-refractivity contribution in [1.29, 1.82) is 0 Å². The van der Waals surface area contributed by atoms with Crippen molar-refractivity contribution in [1.82, 2.24) is 0 Å². The van der Waals surface area contributed by atoms with Crippen molar-refractivity contribution in [2.24, 2.45) is 10.8 Å². The van der Waals surface area contributed by atoms with Gasteiger partial charge in [-0.3, -0.25) is 0 Å². The fourth-order valence-corrected chi connectivity index (χ4v) is 4.03. The Hall–Kier alpha value is -1.18. The number of ether oxygens (including phenoxy) is 1. The maximum absolute atomic E-state index is 5.58. The summed E-state index contributed by atoms with van der Waals surface area (Å²) in [6.45, 7) is 12.3. The van der Waals surface area contributed by atoms with E-state index in [-0.39, 0.29) is 0 Å². The van der Waals surface area contributed by atoms with Crippen LogP contribution in [0.25, 0.3) is 0 Å². The lowest BCUT2D eigenvalue weighted by molar-refractivity contribution is 0.105. The molecule has 1 N–H and O–H groups in total. The number of hydrogen-bond acceptors (Lipinski definition) is 2. The second kappa shape index (κ2) is 5.67. The highest BCUT2D eigenvalue weighted by molar-refractivity contribution is 5.49. The number of rotatable bonds is 4. The third kappa shape index (κ3) is 4.16. The van der Waals surface area contributed by atoms with Crippen molar-refractivity contribution in [3.63, 3.8) is 0 Å². The van der Waals surface area contributed by atoms with Gasteiger partial charge in [0.25, 0.3) is 0 Å². The maximum Gasteiger partial charge on any atom is 0.121 e. The SMILES string of the molecule is CCOc1cccc(NC2CC(C)(C)CC(C)(C)C2)c1. The predicted octanol–water partition coefficient (Wildman–Crippen LogP) is 5.10. The second-order valence-corrected chi connectivity index (χ2v) is 7.72. The van der Waals surface area contributed by atoms with Crippen LogP contribution in [0.2, 0.25) is 0 Å². The van der Waals surface area contributed by atoms with Gasteiger partial charge in [0, 0.05) is 17.8 Å². The van der Waals surface area contributed by atoms with Gasteiger partial charge in [0.2, 0.25) is 0 Å². The largest absolute Gasteiger partial charge is 0.494 e. The van der Waals surface area contributed by atoms with Gasteiger partial charge in [0.15, 0.2) is 0 Å². The van der Waals surface area contributed by atoms with Gasteiger partial charge in [-0.05, 0) is 49.1 Å². The molecule has 0 aromatic heterocycles. The number of nitrogens with one attached hydrogen (secondary N) is 1. The summed E-state index contributed by atoms with van der Waals surface area (Å²) in [5.41, 5.74) is 2.00. The molecule has 0 atom stereocenters. The van der Waals surface area contributed by atoms with Gasteiger partial charge in [-0.15, -0.1) is 0 Å². The Labute approximate surface area is 123 Å². The molecule has 0 heterocycles. The van der Waals surface area contributed by atoms with Gasteiger partial charge in [-0.2, -0.15) is 0 Å². The van der Waals surface area contributed by atoms with Crippen LogP contribution in [-0.2, 0) is 0 Å². The van der Waals surface area contributed by atoms with Crippen LogP contribution in [0.1, 0.15) is 53.9 Å². The summed E-state index contributed by atoms with van der Waals surface area (Å²) >= 11 is 0. The summed E-state index contributed by atoms with van der Waals surface area (Å²) in [4.78, 5) is 0. The Balaban J connectivity index is 2.07. The molecular weight excluding hydrogens is 246 g/mol. The van der Waals surface area contributed by atoms with E-state index in [0.717, 1.165) is 5.75 Å². The lowest BCUT2D eigenvalue weighted by Crippen LogP contribution is -2.40. The zero-order valence-electron chi connectivity index (χ0n) is 13.6. The minimum atomic E-state index is 0.414. The third-order valence-corrected chi connectivity index (χ3v) is 4.07. The Bertz CT molecular complexity index is 434. The first-order chi connectivity index (χ1) is 9.30. The Kier molecular flexibility index (Phi) is 4.31. The molecular formula is C18H29NO. The fourth-order valence-electron chi connectivity index (χ4n) is 4.03. The molecule has 0 spiro atoms. The summed E-state index contributed by atoms with van der Waals surface area (Å²) in [6, 6.07) is 8.87. The first-order valence-electron chi connectivity index (χ1n) is 7.79. The smallest absolute Gasteiger partial charge is 0.121 e. The number of hydrogen-bond donors (Lipinski definition) is 1. The molecule has 1 aromatic rings. The van der Waals surface area contributed by atoms with Gasteiger partial charge in [-0.25, -0.2) is 0 Å². The van der Waals surface area contributed by atoms with Crippen molar-refractivity contribution in [3.8, 4) is 5.75 Å². The topological polar surface area (TPSA) is 21.3 Å². The number of anilines is 1. The molecule has 0 aliphatic heterocycles. The molecule has 1 aliphatic carbocycles. The highest BCUT2D eigenvalue weighted by atomic mass is 16.5. The summed E-state index contributed by atoms with van der Waals surface area (Å²) in [5.74, 6) is 0.951. The van der Waals surface area contributed by atoms with Crippen molar-refractivity contribution in [3.05, 3.63) is 24.3 Å². The zero-order valence-corrected chi connectivity index (χ0v) is 13.6. The van der Waals surface area contributed by atoms with Gasteiger partial charge in [0.1, 0.15) is 5.75 Å². The van der Waals surface area contributed by atoms with E-state index in [1.807, 2.05) is 13.0 Å². The monoisotopic (exact) mass is 275 g/mol. The normalized spacial score (nSPS) is 21.4. The van der Waals surface area contributed by atoms with Crippen molar-refractivity contribution in [2.45, 2.75) is 59.9 Å². The Morgan fingerprint density at radius 3 is 2.40 bits per heavy atom. The molecule has 1 aromatic carbocycles. The van der Waals surface area contributed by atoms with Crippen LogP contribution < -0.4 is 10.1 Å². The first-order valence-corrected chi connectivity index (χ1v) is 7.79. The standard InChI is InChI=1S/C18H29NO/c1-6-20-16-9-7-8-14(10-16)19-15-11-17(2,3)13-18(4,5)12-15/h7-10,15,19H,6,11-13H2,1-5H3.